The zero-order chi connectivity index (χ0) is 15.5. The van der Waals surface area contributed by atoms with Crippen LogP contribution in [0.1, 0.15) is 0 Å². The lowest BCUT2D eigenvalue weighted by atomic mass is 10.3. The van der Waals surface area contributed by atoms with Crippen molar-refractivity contribution in [2.24, 2.45) is 0 Å². The molecule has 0 radical (unpaired) electrons. The van der Waals surface area contributed by atoms with Gasteiger partial charge in [0.05, 0.1) is 22.3 Å². The molecule has 110 valence electrons. The molecular weight excluding hydrogens is 322 g/mol. The Bertz CT molecular complexity index is 835. The number of hydrogen-bond donors (Lipinski definition) is 1. The lowest BCUT2D eigenvalue weighted by Gasteiger charge is -1.95. The Hall–Kier alpha value is -1.99. The molecule has 0 spiro atoms. The minimum Gasteiger partial charge on any atom is -0.345 e. The van der Waals surface area contributed by atoms with Crippen molar-refractivity contribution in [3.05, 3.63) is 60.4 Å². The Labute approximate surface area is 123 Å². The number of aromatic amines is 1. The van der Waals surface area contributed by atoms with Crippen LogP contribution in [0.2, 0.25) is 0 Å². The predicted octanol–water partition coefficient (Wildman–Crippen LogP) is 3.46. The highest BCUT2D eigenvalue weighted by Gasteiger charge is 2.12. The van der Waals surface area contributed by atoms with E-state index in [1.54, 1.807) is 6.33 Å². The molecular formula is C13H9ClF2N2O2S. The minimum atomic E-state index is -3.98. The highest BCUT2D eigenvalue weighted by molar-refractivity contribution is 8.13. The SMILES string of the molecule is O=S(=O)(Cl)c1ccc(F)c(F)c1.c1ccc2[nH]cnc2c1. The largest absolute Gasteiger partial charge is 0.345 e. The van der Waals surface area contributed by atoms with E-state index in [2.05, 4.69) is 9.97 Å². The lowest BCUT2D eigenvalue weighted by Crippen LogP contribution is -1.93. The first-order valence-corrected chi connectivity index (χ1v) is 7.96. The summed E-state index contributed by atoms with van der Waals surface area (Å²) in [5.41, 5.74) is 2.12. The standard InChI is InChI=1S/C7H6N2.C6H3ClF2O2S/c1-2-4-7-6(3-1)8-5-9-7;7-12(10,11)4-1-2-5(8)6(9)3-4/h1-5H,(H,8,9);1-3H. The van der Waals surface area contributed by atoms with Crippen molar-refractivity contribution >= 4 is 30.8 Å². The maximum absolute atomic E-state index is 12.4. The Morgan fingerprint density at radius 1 is 1.05 bits per heavy atom. The Morgan fingerprint density at radius 3 is 2.38 bits per heavy atom. The second-order valence-electron chi connectivity index (χ2n) is 3.93. The first-order valence-electron chi connectivity index (χ1n) is 5.66. The third-order valence-electron chi connectivity index (χ3n) is 2.50. The van der Waals surface area contributed by atoms with Gasteiger partial charge in [-0.2, -0.15) is 0 Å². The zero-order valence-corrected chi connectivity index (χ0v) is 12.0. The molecule has 0 aliphatic rings. The van der Waals surface area contributed by atoms with Crippen molar-refractivity contribution in [1.29, 1.82) is 0 Å². The molecule has 1 heterocycles. The maximum Gasteiger partial charge on any atom is 0.261 e. The molecule has 0 atom stereocenters. The third-order valence-corrected chi connectivity index (χ3v) is 3.85. The van der Waals surface area contributed by atoms with Crippen LogP contribution in [-0.2, 0) is 9.05 Å². The number of imidazole rings is 1. The second kappa shape index (κ2) is 6.19. The summed E-state index contributed by atoms with van der Waals surface area (Å²) in [6.07, 6.45) is 1.70. The molecule has 0 saturated heterocycles. The molecule has 4 nitrogen and oxygen atoms in total. The average molecular weight is 331 g/mol. The van der Waals surface area contributed by atoms with Crippen LogP contribution in [-0.4, -0.2) is 18.4 Å². The molecule has 2 aromatic carbocycles. The monoisotopic (exact) mass is 330 g/mol. The summed E-state index contributed by atoms with van der Waals surface area (Å²) < 4.78 is 45.8. The van der Waals surface area contributed by atoms with E-state index in [-0.39, 0.29) is 0 Å². The Morgan fingerprint density at radius 2 is 1.76 bits per heavy atom. The van der Waals surface area contributed by atoms with E-state index >= 15 is 0 Å². The van der Waals surface area contributed by atoms with Crippen molar-refractivity contribution < 1.29 is 17.2 Å². The van der Waals surface area contributed by atoms with Gasteiger partial charge in [0.2, 0.25) is 0 Å². The lowest BCUT2D eigenvalue weighted by molar-refractivity contribution is 0.505. The number of hydrogen-bond acceptors (Lipinski definition) is 3. The molecule has 0 unspecified atom stereocenters. The van der Waals surface area contributed by atoms with Gasteiger partial charge in [0.25, 0.3) is 9.05 Å². The van der Waals surface area contributed by atoms with E-state index in [0.29, 0.717) is 12.1 Å². The van der Waals surface area contributed by atoms with Gasteiger partial charge in [-0.25, -0.2) is 22.2 Å². The number of H-pyrrole nitrogens is 1. The first-order chi connectivity index (χ1) is 9.88. The molecule has 0 fully saturated rings. The van der Waals surface area contributed by atoms with Gasteiger partial charge in [-0.1, -0.05) is 12.1 Å². The summed E-state index contributed by atoms with van der Waals surface area (Å²) in [4.78, 5) is 6.62. The predicted molar refractivity (Wildman–Crippen MR) is 75.5 cm³/mol. The van der Waals surface area contributed by atoms with Crippen LogP contribution in [0.5, 0.6) is 0 Å². The van der Waals surface area contributed by atoms with Gasteiger partial charge in [-0.05, 0) is 30.3 Å². The van der Waals surface area contributed by atoms with Gasteiger partial charge in [-0.15, -0.1) is 0 Å². The molecule has 0 bridgehead atoms. The first kappa shape index (κ1) is 15.4. The van der Waals surface area contributed by atoms with Crippen LogP contribution in [0.25, 0.3) is 11.0 Å². The molecule has 3 rings (SSSR count). The van der Waals surface area contributed by atoms with Crippen LogP contribution < -0.4 is 0 Å². The van der Waals surface area contributed by atoms with E-state index in [1.807, 2.05) is 24.3 Å². The number of nitrogens with zero attached hydrogens (tertiary/aromatic N) is 1. The normalized spacial score (nSPS) is 11.0. The molecule has 0 aliphatic carbocycles. The van der Waals surface area contributed by atoms with Gasteiger partial charge in [-0.3, -0.25) is 0 Å². The van der Waals surface area contributed by atoms with Crippen LogP contribution in [0, 0.1) is 11.6 Å². The zero-order valence-electron chi connectivity index (χ0n) is 10.4. The van der Waals surface area contributed by atoms with Crippen LogP contribution in [0.15, 0.2) is 53.7 Å². The molecule has 21 heavy (non-hydrogen) atoms. The highest BCUT2D eigenvalue weighted by atomic mass is 35.7. The number of benzene rings is 2. The summed E-state index contributed by atoms with van der Waals surface area (Å²) in [5, 5.41) is 0. The molecule has 0 saturated carbocycles. The highest BCUT2D eigenvalue weighted by Crippen LogP contribution is 2.17. The number of para-hydroxylation sites is 2. The summed E-state index contributed by atoms with van der Waals surface area (Å²) >= 11 is 0. The van der Waals surface area contributed by atoms with Crippen LogP contribution in [0.4, 0.5) is 8.78 Å². The van der Waals surface area contributed by atoms with E-state index in [0.717, 1.165) is 17.1 Å². The quantitative estimate of drug-likeness (QED) is 0.695. The van der Waals surface area contributed by atoms with E-state index in [1.165, 1.54) is 0 Å². The summed E-state index contributed by atoms with van der Waals surface area (Å²) in [7, 11) is 0.889. The van der Waals surface area contributed by atoms with Crippen molar-refractivity contribution in [2.45, 2.75) is 4.90 Å². The number of aromatic nitrogens is 2. The molecule has 0 aliphatic heterocycles. The smallest absolute Gasteiger partial charge is 0.261 e. The molecule has 3 aromatic rings. The second-order valence-corrected chi connectivity index (χ2v) is 6.50. The van der Waals surface area contributed by atoms with E-state index in [4.69, 9.17) is 10.7 Å². The summed E-state index contributed by atoms with van der Waals surface area (Å²) in [5.74, 6) is -2.35. The molecule has 8 heteroatoms. The number of nitrogens with one attached hydrogen (secondary N) is 1. The van der Waals surface area contributed by atoms with Gasteiger partial charge < -0.3 is 4.98 Å². The van der Waals surface area contributed by atoms with Crippen LogP contribution >= 0.6 is 10.7 Å². The fraction of sp³-hybridized carbons (Fsp3) is 0. The average Bonchev–Trinajstić information content (AvgIpc) is 2.90. The van der Waals surface area contributed by atoms with Gasteiger partial charge in [0.15, 0.2) is 11.6 Å². The number of fused-ring (bicyclic) bond motifs is 1. The fourth-order valence-corrected chi connectivity index (χ4v) is 2.27. The topological polar surface area (TPSA) is 62.8 Å². The summed E-state index contributed by atoms with van der Waals surface area (Å²) in [6, 6.07) is 10.1. The molecule has 1 aromatic heterocycles. The van der Waals surface area contributed by atoms with Crippen molar-refractivity contribution in [3.63, 3.8) is 0 Å². The Balaban J connectivity index is 0.000000159. The number of rotatable bonds is 1. The van der Waals surface area contributed by atoms with Gasteiger partial charge in [0, 0.05) is 10.7 Å². The van der Waals surface area contributed by atoms with Crippen molar-refractivity contribution in [2.75, 3.05) is 0 Å². The van der Waals surface area contributed by atoms with Crippen molar-refractivity contribution in [3.8, 4) is 0 Å². The van der Waals surface area contributed by atoms with Crippen molar-refractivity contribution in [1.82, 2.24) is 9.97 Å². The number of halogens is 3. The van der Waals surface area contributed by atoms with Crippen LogP contribution in [0.3, 0.4) is 0 Å². The maximum atomic E-state index is 12.4. The Kier molecular flexibility index (Phi) is 4.54. The van der Waals surface area contributed by atoms with Gasteiger partial charge in [0.1, 0.15) is 0 Å². The van der Waals surface area contributed by atoms with E-state index < -0.39 is 25.6 Å². The third kappa shape index (κ3) is 3.99. The summed E-state index contributed by atoms with van der Waals surface area (Å²) in [6.45, 7) is 0. The fourth-order valence-electron chi connectivity index (χ4n) is 1.51. The van der Waals surface area contributed by atoms with E-state index in [9.17, 15) is 17.2 Å². The minimum absolute atomic E-state index is 0.455. The molecule has 1 N–H and O–H groups in total. The van der Waals surface area contributed by atoms with Gasteiger partial charge >= 0.3 is 0 Å². The molecule has 0 amide bonds.